The van der Waals surface area contributed by atoms with Gasteiger partial charge in [0.15, 0.2) is 0 Å². The van der Waals surface area contributed by atoms with Crippen molar-refractivity contribution in [3.63, 3.8) is 0 Å². The minimum Gasteiger partial charge on any atom is -0.366 e. The van der Waals surface area contributed by atoms with Gasteiger partial charge in [-0.3, -0.25) is 0 Å². The Balaban J connectivity index is 2.73. The predicted octanol–water partition coefficient (Wildman–Crippen LogP) is 3.16. The summed E-state index contributed by atoms with van der Waals surface area (Å²) >= 11 is 1.86. The SMILES string of the molecule is CCCNc1ncc(C)c(NC(CC)CSC)n1. The van der Waals surface area contributed by atoms with Gasteiger partial charge in [-0.1, -0.05) is 13.8 Å². The summed E-state index contributed by atoms with van der Waals surface area (Å²) in [7, 11) is 0. The Bertz CT molecular complexity index is 357. The van der Waals surface area contributed by atoms with Crippen LogP contribution in [0, 0.1) is 6.92 Å². The Kier molecular flexibility index (Phi) is 6.86. The molecule has 1 heterocycles. The number of thioether (sulfide) groups is 1. The first-order chi connectivity index (χ1) is 8.71. The molecule has 1 unspecified atom stereocenters. The molecule has 0 spiro atoms. The van der Waals surface area contributed by atoms with E-state index in [4.69, 9.17) is 0 Å². The van der Waals surface area contributed by atoms with Crippen molar-refractivity contribution in [2.75, 3.05) is 29.2 Å². The van der Waals surface area contributed by atoms with E-state index in [1.54, 1.807) is 0 Å². The van der Waals surface area contributed by atoms with Crippen LogP contribution in [0.2, 0.25) is 0 Å². The minimum absolute atomic E-state index is 0.465. The van der Waals surface area contributed by atoms with E-state index in [0.29, 0.717) is 12.0 Å². The van der Waals surface area contributed by atoms with Gasteiger partial charge in [0.1, 0.15) is 5.82 Å². The molecule has 0 fully saturated rings. The summed E-state index contributed by atoms with van der Waals surface area (Å²) in [5.74, 6) is 2.76. The fourth-order valence-corrected chi connectivity index (χ4v) is 2.29. The van der Waals surface area contributed by atoms with E-state index in [-0.39, 0.29) is 0 Å². The van der Waals surface area contributed by atoms with Gasteiger partial charge in [0.25, 0.3) is 0 Å². The quantitative estimate of drug-likeness (QED) is 0.758. The molecule has 1 aromatic heterocycles. The van der Waals surface area contributed by atoms with Gasteiger partial charge in [-0.2, -0.15) is 16.7 Å². The molecular formula is C13H24N4S. The van der Waals surface area contributed by atoms with Crippen molar-refractivity contribution in [1.29, 1.82) is 0 Å². The second-order valence-electron chi connectivity index (χ2n) is 4.36. The molecule has 0 aliphatic heterocycles. The number of aromatic nitrogens is 2. The predicted molar refractivity (Wildman–Crippen MR) is 81.6 cm³/mol. The number of nitrogens with one attached hydrogen (secondary N) is 2. The largest absolute Gasteiger partial charge is 0.366 e. The third kappa shape index (κ3) is 4.72. The molecule has 2 N–H and O–H groups in total. The van der Waals surface area contributed by atoms with E-state index in [2.05, 4.69) is 40.7 Å². The lowest BCUT2D eigenvalue weighted by atomic mass is 10.2. The van der Waals surface area contributed by atoms with Crippen molar-refractivity contribution in [2.45, 2.75) is 39.7 Å². The zero-order valence-corrected chi connectivity index (χ0v) is 12.6. The molecule has 0 saturated heterocycles. The van der Waals surface area contributed by atoms with E-state index in [1.807, 2.05) is 24.9 Å². The van der Waals surface area contributed by atoms with Crippen LogP contribution in [0.15, 0.2) is 6.20 Å². The highest BCUT2D eigenvalue weighted by Crippen LogP contribution is 2.16. The van der Waals surface area contributed by atoms with Gasteiger partial charge in [-0.15, -0.1) is 0 Å². The van der Waals surface area contributed by atoms with Crippen LogP contribution in [0.1, 0.15) is 32.3 Å². The number of hydrogen-bond donors (Lipinski definition) is 2. The monoisotopic (exact) mass is 268 g/mol. The summed E-state index contributed by atoms with van der Waals surface area (Å²) in [4.78, 5) is 8.83. The first kappa shape index (κ1) is 15.1. The molecule has 0 aliphatic carbocycles. The highest BCUT2D eigenvalue weighted by atomic mass is 32.2. The average Bonchev–Trinajstić information content (AvgIpc) is 2.38. The highest BCUT2D eigenvalue weighted by molar-refractivity contribution is 7.98. The van der Waals surface area contributed by atoms with Crippen LogP contribution < -0.4 is 10.6 Å². The summed E-state index contributed by atoms with van der Waals surface area (Å²) in [6.07, 6.45) is 6.18. The van der Waals surface area contributed by atoms with Gasteiger partial charge in [-0.25, -0.2) is 4.98 Å². The maximum absolute atomic E-state index is 4.54. The lowest BCUT2D eigenvalue weighted by Crippen LogP contribution is -2.23. The number of hydrogen-bond acceptors (Lipinski definition) is 5. The van der Waals surface area contributed by atoms with Gasteiger partial charge in [-0.05, 0) is 26.0 Å². The molecule has 4 nitrogen and oxygen atoms in total. The standard InChI is InChI=1S/C13H24N4S/c1-5-7-14-13-15-8-10(3)12(17-13)16-11(6-2)9-18-4/h8,11H,5-7,9H2,1-4H3,(H2,14,15,16,17). The van der Waals surface area contributed by atoms with E-state index in [9.17, 15) is 0 Å². The van der Waals surface area contributed by atoms with Crippen LogP contribution >= 0.6 is 11.8 Å². The number of aryl methyl sites for hydroxylation is 1. The fourth-order valence-electron chi connectivity index (χ4n) is 1.57. The second-order valence-corrected chi connectivity index (χ2v) is 5.27. The topological polar surface area (TPSA) is 49.8 Å². The van der Waals surface area contributed by atoms with Gasteiger partial charge >= 0.3 is 0 Å². The van der Waals surface area contributed by atoms with E-state index in [0.717, 1.165) is 36.5 Å². The second kappa shape index (κ2) is 8.19. The molecule has 102 valence electrons. The first-order valence-electron chi connectivity index (χ1n) is 6.54. The van der Waals surface area contributed by atoms with Crippen molar-refractivity contribution in [3.8, 4) is 0 Å². The van der Waals surface area contributed by atoms with E-state index in [1.165, 1.54) is 0 Å². The van der Waals surface area contributed by atoms with Crippen LogP contribution in [0.25, 0.3) is 0 Å². The Labute approximate surface area is 114 Å². The summed E-state index contributed by atoms with van der Waals surface area (Å²) in [5.41, 5.74) is 1.09. The molecule has 1 aromatic rings. The minimum atomic E-state index is 0.465. The zero-order chi connectivity index (χ0) is 13.4. The lowest BCUT2D eigenvalue weighted by molar-refractivity contribution is 0.767. The summed E-state index contributed by atoms with van der Waals surface area (Å²) in [5, 5.41) is 6.72. The molecule has 0 aromatic carbocycles. The van der Waals surface area contributed by atoms with Crippen molar-refractivity contribution in [3.05, 3.63) is 11.8 Å². The molecule has 0 radical (unpaired) electrons. The number of rotatable bonds is 8. The molecule has 0 aliphatic rings. The zero-order valence-electron chi connectivity index (χ0n) is 11.8. The highest BCUT2D eigenvalue weighted by Gasteiger charge is 2.09. The molecular weight excluding hydrogens is 244 g/mol. The maximum atomic E-state index is 4.54. The maximum Gasteiger partial charge on any atom is 0.224 e. The van der Waals surface area contributed by atoms with Crippen LogP contribution in [0.3, 0.4) is 0 Å². The third-order valence-electron chi connectivity index (χ3n) is 2.71. The van der Waals surface area contributed by atoms with Crippen molar-refractivity contribution < 1.29 is 0 Å². The van der Waals surface area contributed by atoms with Crippen molar-refractivity contribution in [2.24, 2.45) is 0 Å². The van der Waals surface area contributed by atoms with Crippen LogP contribution in [-0.4, -0.2) is 34.6 Å². The Hall–Kier alpha value is -0.970. The average molecular weight is 268 g/mol. The van der Waals surface area contributed by atoms with E-state index < -0.39 is 0 Å². The molecule has 0 saturated carbocycles. The van der Waals surface area contributed by atoms with Crippen molar-refractivity contribution >= 4 is 23.5 Å². The van der Waals surface area contributed by atoms with Crippen molar-refractivity contribution in [1.82, 2.24) is 9.97 Å². The summed E-state index contributed by atoms with van der Waals surface area (Å²) in [6.45, 7) is 7.27. The van der Waals surface area contributed by atoms with Crippen LogP contribution in [-0.2, 0) is 0 Å². The van der Waals surface area contributed by atoms with Gasteiger partial charge in [0.2, 0.25) is 5.95 Å². The summed E-state index contributed by atoms with van der Waals surface area (Å²) in [6, 6.07) is 0.465. The van der Waals surface area contributed by atoms with Gasteiger partial charge in [0.05, 0.1) is 0 Å². The molecule has 0 bridgehead atoms. The van der Waals surface area contributed by atoms with Crippen LogP contribution in [0.4, 0.5) is 11.8 Å². The molecule has 18 heavy (non-hydrogen) atoms. The number of anilines is 2. The summed E-state index contributed by atoms with van der Waals surface area (Å²) < 4.78 is 0. The molecule has 5 heteroatoms. The van der Waals surface area contributed by atoms with Gasteiger partial charge in [0, 0.05) is 30.1 Å². The third-order valence-corrected chi connectivity index (χ3v) is 3.44. The Morgan fingerprint density at radius 2 is 2.17 bits per heavy atom. The molecule has 0 amide bonds. The first-order valence-corrected chi connectivity index (χ1v) is 7.93. The molecule has 1 rings (SSSR count). The van der Waals surface area contributed by atoms with Gasteiger partial charge < -0.3 is 10.6 Å². The lowest BCUT2D eigenvalue weighted by Gasteiger charge is -2.18. The Morgan fingerprint density at radius 1 is 1.39 bits per heavy atom. The Morgan fingerprint density at radius 3 is 2.78 bits per heavy atom. The fraction of sp³-hybridized carbons (Fsp3) is 0.692. The smallest absolute Gasteiger partial charge is 0.224 e. The van der Waals surface area contributed by atoms with E-state index >= 15 is 0 Å². The number of nitrogens with zero attached hydrogens (tertiary/aromatic N) is 2. The molecule has 1 atom stereocenters. The normalized spacial score (nSPS) is 12.2. The van der Waals surface area contributed by atoms with Crippen LogP contribution in [0.5, 0.6) is 0 Å².